The highest BCUT2D eigenvalue weighted by Gasteiger charge is 2.37. The van der Waals surface area contributed by atoms with Gasteiger partial charge in [-0.05, 0) is 43.2 Å². The third-order valence-corrected chi connectivity index (χ3v) is 6.14. The highest BCUT2D eigenvalue weighted by atomic mass is 16.2. The van der Waals surface area contributed by atoms with Crippen molar-refractivity contribution >= 4 is 17.6 Å². The molecule has 1 aliphatic rings. The van der Waals surface area contributed by atoms with Gasteiger partial charge in [0, 0.05) is 26.8 Å². The van der Waals surface area contributed by atoms with Gasteiger partial charge in [-0.2, -0.15) is 0 Å². The summed E-state index contributed by atoms with van der Waals surface area (Å²) in [6.07, 6.45) is 3.85. The summed E-state index contributed by atoms with van der Waals surface area (Å²) in [5, 5.41) is 0. The lowest BCUT2D eigenvalue weighted by Crippen LogP contribution is -2.49. The molecule has 1 unspecified atom stereocenters. The van der Waals surface area contributed by atoms with Crippen molar-refractivity contribution in [1.82, 2.24) is 14.4 Å². The molecule has 4 rings (SSSR count). The number of nitrogens with zero attached hydrogens (tertiary/aromatic N) is 4. The summed E-state index contributed by atoms with van der Waals surface area (Å²) in [6, 6.07) is 20.0. The van der Waals surface area contributed by atoms with Crippen LogP contribution in [0.5, 0.6) is 0 Å². The summed E-state index contributed by atoms with van der Waals surface area (Å²) in [5.41, 5.74) is 5.07. The monoisotopic (exact) mass is 444 g/mol. The van der Waals surface area contributed by atoms with Crippen molar-refractivity contribution in [2.24, 2.45) is 0 Å². The fourth-order valence-corrected chi connectivity index (χ4v) is 4.44. The van der Waals surface area contributed by atoms with E-state index in [4.69, 9.17) is 0 Å². The molecule has 0 saturated carbocycles. The van der Waals surface area contributed by atoms with Crippen molar-refractivity contribution in [3.63, 3.8) is 0 Å². The van der Waals surface area contributed by atoms with Gasteiger partial charge in [-0.25, -0.2) is 4.79 Å². The fraction of sp³-hybridized carbons (Fsp3) is 0.333. The van der Waals surface area contributed by atoms with E-state index in [0.717, 1.165) is 35.5 Å². The number of rotatable bonds is 6. The Morgan fingerprint density at radius 3 is 2.30 bits per heavy atom. The van der Waals surface area contributed by atoms with Gasteiger partial charge in [0.25, 0.3) is 0 Å². The van der Waals surface area contributed by atoms with Crippen LogP contribution in [0.15, 0.2) is 66.9 Å². The van der Waals surface area contributed by atoms with Crippen LogP contribution >= 0.6 is 0 Å². The number of anilines is 1. The van der Waals surface area contributed by atoms with Crippen molar-refractivity contribution in [3.8, 4) is 5.69 Å². The van der Waals surface area contributed by atoms with Crippen molar-refractivity contribution in [2.75, 3.05) is 32.1 Å². The van der Waals surface area contributed by atoms with Gasteiger partial charge in [-0.1, -0.05) is 55.3 Å². The van der Waals surface area contributed by atoms with Crippen LogP contribution in [0.25, 0.3) is 5.69 Å². The van der Waals surface area contributed by atoms with Gasteiger partial charge >= 0.3 is 6.03 Å². The van der Waals surface area contributed by atoms with Crippen LogP contribution in [-0.2, 0) is 4.79 Å². The molecular formula is C27H32N4O2. The Bertz CT molecular complexity index is 1130. The van der Waals surface area contributed by atoms with Crippen molar-refractivity contribution < 1.29 is 9.59 Å². The van der Waals surface area contributed by atoms with Crippen LogP contribution in [-0.4, -0.2) is 53.5 Å². The number of benzene rings is 2. The smallest absolute Gasteiger partial charge is 0.319 e. The summed E-state index contributed by atoms with van der Waals surface area (Å²) in [6.45, 7) is 4.74. The van der Waals surface area contributed by atoms with E-state index >= 15 is 0 Å². The molecule has 2 heterocycles. The lowest BCUT2D eigenvalue weighted by molar-refractivity contribution is -0.119. The Balaban J connectivity index is 1.78. The predicted molar refractivity (Wildman–Crippen MR) is 132 cm³/mol. The molecule has 0 aliphatic carbocycles. The molecule has 0 fully saturated rings. The molecule has 1 aliphatic heterocycles. The normalized spacial score (nSPS) is 14.4. The Kier molecular flexibility index (Phi) is 6.54. The molecule has 2 aromatic carbocycles. The molecular weight excluding hydrogens is 412 g/mol. The first-order valence-corrected chi connectivity index (χ1v) is 11.5. The number of unbranched alkanes of at least 4 members (excludes halogenated alkanes) is 1. The maximum atomic E-state index is 13.9. The highest BCUT2D eigenvalue weighted by Crippen LogP contribution is 2.42. The largest absolute Gasteiger partial charge is 0.331 e. The van der Waals surface area contributed by atoms with Crippen LogP contribution in [0.4, 0.5) is 10.5 Å². The molecule has 6 nitrogen and oxygen atoms in total. The van der Waals surface area contributed by atoms with E-state index in [1.165, 1.54) is 10.5 Å². The van der Waals surface area contributed by atoms with Gasteiger partial charge in [-0.3, -0.25) is 9.69 Å². The minimum Gasteiger partial charge on any atom is -0.331 e. The van der Waals surface area contributed by atoms with E-state index in [9.17, 15) is 9.59 Å². The Hall–Kier alpha value is -3.54. The summed E-state index contributed by atoms with van der Waals surface area (Å²) < 4.78 is 2.16. The zero-order valence-corrected chi connectivity index (χ0v) is 19.9. The SMILES string of the molecule is CCCCN(CC(=O)N1c2ccccc2-n2cccc2C1c1ccc(C)cc1)C(=O)N(C)C. The molecule has 0 saturated heterocycles. The second-order valence-electron chi connectivity index (χ2n) is 8.82. The first kappa shape index (κ1) is 22.6. The van der Waals surface area contributed by atoms with Crippen molar-refractivity contribution in [2.45, 2.75) is 32.7 Å². The van der Waals surface area contributed by atoms with E-state index in [-0.39, 0.29) is 24.5 Å². The molecule has 0 spiro atoms. The number of hydrogen-bond acceptors (Lipinski definition) is 2. The fourth-order valence-electron chi connectivity index (χ4n) is 4.44. The number of amides is 3. The summed E-state index contributed by atoms with van der Waals surface area (Å²) in [7, 11) is 3.45. The topological polar surface area (TPSA) is 48.8 Å². The van der Waals surface area contributed by atoms with Crippen LogP contribution in [0.2, 0.25) is 0 Å². The zero-order valence-electron chi connectivity index (χ0n) is 19.9. The van der Waals surface area contributed by atoms with Crippen LogP contribution < -0.4 is 4.90 Å². The minimum atomic E-state index is -0.273. The van der Waals surface area contributed by atoms with Gasteiger partial charge in [0.05, 0.1) is 17.1 Å². The molecule has 0 N–H and O–H groups in total. The molecule has 33 heavy (non-hydrogen) atoms. The number of aryl methyl sites for hydroxylation is 1. The van der Waals surface area contributed by atoms with E-state index < -0.39 is 0 Å². The molecule has 3 amide bonds. The number of hydrogen-bond donors (Lipinski definition) is 0. The molecule has 6 heteroatoms. The van der Waals surface area contributed by atoms with Gasteiger partial charge < -0.3 is 14.4 Å². The highest BCUT2D eigenvalue weighted by molar-refractivity contribution is 6.00. The van der Waals surface area contributed by atoms with Gasteiger partial charge in [0.2, 0.25) is 5.91 Å². The Morgan fingerprint density at radius 2 is 1.64 bits per heavy atom. The quantitative estimate of drug-likeness (QED) is 0.537. The van der Waals surface area contributed by atoms with Gasteiger partial charge in [0.15, 0.2) is 0 Å². The maximum absolute atomic E-state index is 13.9. The Morgan fingerprint density at radius 1 is 0.939 bits per heavy atom. The van der Waals surface area contributed by atoms with E-state index in [2.05, 4.69) is 48.7 Å². The summed E-state index contributed by atoms with van der Waals surface area (Å²) in [4.78, 5) is 31.9. The zero-order chi connectivity index (χ0) is 23.5. The predicted octanol–water partition coefficient (Wildman–Crippen LogP) is 5.01. The van der Waals surface area contributed by atoms with Crippen molar-refractivity contribution in [1.29, 1.82) is 0 Å². The van der Waals surface area contributed by atoms with Crippen LogP contribution in [0, 0.1) is 6.92 Å². The van der Waals surface area contributed by atoms with Gasteiger partial charge in [0.1, 0.15) is 12.6 Å². The summed E-state index contributed by atoms with van der Waals surface area (Å²) >= 11 is 0. The Labute approximate surface area is 196 Å². The number of urea groups is 1. The number of carbonyl (C=O) groups is 2. The molecule has 3 aromatic rings. The molecule has 1 aromatic heterocycles. The first-order valence-electron chi connectivity index (χ1n) is 11.5. The second-order valence-corrected chi connectivity index (χ2v) is 8.82. The number of aromatic nitrogens is 1. The van der Waals surface area contributed by atoms with Crippen molar-refractivity contribution in [3.05, 3.63) is 83.7 Å². The van der Waals surface area contributed by atoms with E-state index in [0.29, 0.717) is 6.54 Å². The van der Waals surface area contributed by atoms with Crippen LogP contribution in [0.1, 0.15) is 42.6 Å². The average Bonchev–Trinajstić information content (AvgIpc) is 3.31. The second kappa shape index (κ2) is 9.53. The average molecular weight is 445 g/mol. The summed E-state index contributed by atoms with van der Waals surface area (Å²) in [5.74, 6) is -0.0909. The molecule has 0 radical (unpaired) electrons. The first-order chi connectivity index (χ1) is 15.9. The van der Waals surface area contributed by atoms with Gasteiger partial charge in [-0.15, -0.1) is 0 Å². The van der Waals surface area contributed by atoms with E-state index in [1.54, 1.807) is 19.0 Å². The standard InChI is InChI=1S/C27H32N4O2/c1-5-6-17-29(27(33)28(3)4)19-25(32)31-23-11-8-7-10-22(23)30-18-9-12-24(30)26(31)21-15-13-20(2)14-16-21/h7-16,18,26H,5-6,17,19H2,1-4H3. The maximum Gasteiger partial charge on any atom is 0.319 e. The molecule has 1 atom stereocenters. The number of carbonyl (C=O) groups excluding carboxylic acids is 2. The third kappa shape index (κ3) is 4.38. The lowest BCUT2D eigenvalue weighted by Gasteiger charge is -2.39. The van der Waals surface area contributed by atoms with Crippen LogP contribution in [0.3, 0.4) is 0 Å². The lowest BCUT2D eigenvalue weighted by atomic mass is 9.97. The number of para-hydroxylation sites is 2. The minimum absolute atomic E-state index is 0.0361. The molecule has 172 valence electrons. The number of fused-ring (bicyclic) bond motifs is 3. The van der Waals surface area contributed by atoms with E-state index in [1.807, 2.05) is 41.4 Å². The molecule has 0 bridgehead atoms. The third-order valence-electron chi connectivity index (χ3n) is 6.14.